The van der Waals surface area contributed by atoms with Gasteiger partial charge in [-0.25, -0.2) is 4.98 Å². The summed E-state index contributed by atoms with van der Waals surface area (Å²) in [6, 6.07) is 41.9. The number of nitriles is 4. The van der Waals surface area contributed by atoms with Crippen molar-refractivity contribution >= 4 is 17.4 Å². The van der Waals surface area contributed by atoms with Gasteiger partial charge in [0.2, 0.25) is 0 Å². The van der Waals surface area contributed by atoms with Crippen molar-refractivity contribution in [1.29, 1.82) is 21.0 Å². The Morgan fingerprint density at radius 3 is 1.29 bits per heavy atom. The molecule has 0 aliphatic heterocycles. The second-order valence-corrected chi connectivity index (χ2v) is 12.9. The fraction of sp³-hybridized carbons (Fsp3) is 0.0714. The van der Waals surface area contributed by atoms with E-state index in [0.29, 0.717) is 28.2 Å². The molecule has 7 rings (SSSR count). The number of thiazole rings is 1. The Morgan fingerprint density at radius 1 is 0.521 bits per heavy atom. The van der Waals surface area contributed by atoms with E-state index in [9.17, 15) is 21.0 Å². The van der Waals surface area contributed by atoms with Gasteiger partial charge in [0.1, 0.15) is 5.01 Å². The monoisotopic (exact) mass is 631 g/mol. The van der Waals surface area contributed by atoms with Crippen LogP contribution in [0, 0.1) is 51.2 Å². The Kier molecular flexibility index (Phi) is 7.95. The third kappa shape index (κ3) is 6.01. The fourth-order valence-electron chi connectivity index (χ4n) is 6.03. The molecule has 1 heterocycles. The first-order valence-electron chi connectivity index (χ1n) is 15.4. The van der Waals surface area contributed by atoms with Crippen LogP contribution in [0.25, 0.3) is 61.2 Å². The van der Waals surface area contributed by atoms with Gasteiger partial charge in [-0.1, -0.05) is 61.5 Å². The lowest BCUT2D eigenvalue weighted by Crippen LogP contribution is -2.01. The number of aromatic nitrogens is 1. The average molecular weight is 632 g/mol. The summed E-state index contributed by atoms with van der Waals surface area (Å²) >= 11 is 1.71. The van der Waals surface area contributed by atoms with Gasteiger partial charge in [-0.2, -0.15) is 21.0 Å². The zero-order valence-corrected chi connectivity index (χ0v) is 26.7. The van der Waals surface area contributed by atoms with Crippen LogP contribution in [0.15, 0.2) is 109 Å². The highest BCUT2D eigenvalue weighted by Crippen LogP contribution is 2.38. The second-order valence-electron chi connectivity index (χ2n) is 11.9. The van der Waals surface area contributed by atoms with Crippen molar-refractivity contribution < 1.29 is 0 Å². The van der Waals surface area contributed by atoms with Crippen LogP contribution in [0.4, 0.5) is 0 Å². The second kappa shape index (κ2) is 12.7. The van der Waals surface area contributed by atoms with Crippen LogP contribution in [0.2, 0.25) is 0 Å². The molecule has 0 amide bonds. The number of hydrogen-bond donors (Lipinski definition) is 0. The number of hydrogen-bond acceptors (Lipinski definition) is 6. The normalized spacial score (nSPS) is 13.1. The zero-order valence-electron chi connectivity index (χ0n) is 25.9. The highest BCUT2D eigenvalue weighted by atomic mass is 32.1. The summed E-state index contributed by atoms with van der Waals surface area (Å²) < 4.78 is 0. The van der Waals surface area contributed by atoms with E-state index < -0.39 is 0 Å². The van der Waals surface area contributed by atoms with Crippen molar-refractivity contribution in [2.24, 2.45) is 5.92 Å². The molecule has 1 atom stereocenters. The maximum Gasteiger partial charge on any atom is 0.124 e. The van der Waals surface area contributed by atoms with E-state index in [1.165, 1.54) is 4.88 Å². The first kappa shape index (κ1) is 30.1. The summed E-state index contributed by atoms with van der Waals surface area (Å²) in [4.78, 5) is 6.28. The van der Waals surface area contributed by atoms with E-state index in [4.69, 9.17) is 4.98 Å². The van der Waals surface area contributed by atoms with E-state index in [1.54, 1.807) is 47.7 Å². The van der Waals surface area contributed by atoms with Gasteiger partial charge in [0, 0.05) is 5.56 Å². The van der Waals surface area contributed by atoms with Crippen molar-refractivity contribution in [3.05, 3.63) is 142 Å². The maximum atomic E-state index is 9.45. The molecule has 0 radical (unpaired) electrons. The van der Waals surface area contributed by atoms with Crippen molar-refractivity contribution in [2.45, 2.75) is 13.3 Å². The fourth-order valence-corrected chi connectivity index (χ4v) is 7.02. The van der Waals surface area contributed by atoms with Crippen molar-refractivity contribution in [3.63, 3.8) is 0 Å². The van der Waals surface area contributed by atoms with Crippen molar-refractivity contribution in [3.8, 4) is 79.4 Å². The average Bonchev–Trinajstić information content (AvgIpc) is 3.57. The highest BCUT2D eigenvalue weighted by molar-refractivity contribution is 7.16. The third-order valence-corrected chi connectivity index (χ3v) is 9.60. The molecule has 1 aliphatic carbocycles. The van der Waals surface area contributed by atoms with Gasteiger partial charge < -0.3 is 0 Å². The summed E-state index contributed by atoms with van der Waals surface area (Å²) in [6.07, 6.45) is 5.36. The molecular formula is C42H25N5S. The number of rotatable bonds is 5. The van der Waals surface area contributed by atoms with E-state index in [0.717, 1.165) is 67.2 Å². The molecule has 224 valence electrons. The molecule has 0 fully saturated rings. The minimum Gasteiger partial charge on any atom is -0.240 e. The van der Waals surface area contributed by atoms with Gasteiger partial charge in [-0.05, 0) is 118 Å². The van der Waals surface area contributed by atoms with Crippen LogP contribution in [0.5, 0.6) is 0 Å². The number of fused-ring (bicyclic) bond motifs is 1. The lowest BCUT2D eigenvalue weighted by atomic mass is 9.93. The first-order chi connectivity index (χ1) is 23.4. The van der Waals surface area contributed by atoms with Gasteiger partial charge in [0.05, 0.1) is 57.1 Å². The lowest BCUT2D eigenvalue weighted by Gasteiger charge is -2.12. The molecule has 48 heavy (non-hydrogen) atoms. The van der Waals surface area contributed by atoms with Gasteiger partial charge in [0.25, 0.3) is 0 Å². The largest absolute Gasteiger partial charge is 0.240 e. The topological polar surface area (TPSA) is 108 Å². The Balaban J connectivity index is 1.30. The summed E-state index contributed by atoms with van der Waals surface area (Å²) in [7, 11) is 0. The molecule has 5 nitrogen and oxygen atoms in total. The molecule has 6 aromatic rings. The minimum absolute atomic E-state index is 0.454. The van der Waals surface area contributed by atoms with E-state index in [1.807, 2.05) is 24.3 Å². The molecule has 0 spiro atoms. The van der Waals surface area contributed by atoms with Crippen LogP contribution < -0.4 is 0 Å². The Labute approximate surface area is 283 Å². The molecule has 5 aromatic carbocycles. The molecule has 0 saturated carbocycles. The molecular weight excluding hydrogens is 607 g/mol. The molecule has 1 aliphatic rings. The minimum atomic E-state index is 0.454. The summed E-state index contributed by atoms with van der Waals surface area (Å²) in [6.45, 7) is 2.21. The first-order valence-corrected chi connectivity index (χ1v) is 16.2. The van der Waals surface area contributed by atoms with Crippen LogP contribution in [-0.2, 0) is 6.42 Å². The van der Waals surface area contributed by atoms with Crippen LogP contribution in [0.3, 0.4) is 0 Å². The number of allylic oxidation sites excluding steroid dienone is 1. The van der Waals surface area contributed by atoms with Gasteiger partial charge in [0.15, 0.2) is 0 Å². The Bertz CT molecular complexity index is 2220. The summed E-state index contributed by atoms with van der Waals surface area (Å²) in [5.74, 6) is 0.461. The van der Waals surface area contributed by atoms with E-state index >= 15 is 0 Å². The molecule has 6 heteroatoms. The highest BCUT2D eigenvalue weighted by Gasteiger charge is 2.18. The molecule has 0 N–H and O–H groups in total. The lowest BCUT2D eigenvalue weighted by molar-refractivity contribution is 0.705. The van der Waals surface area contributed by atoms with E-state index in [2.05, 4.69) is 85.8 Å². The quantitative estimate of drug-likeness (QED) is 0.188. The molecule has 0 saturated heterocycles. The van der Waals surface area contributed by atoms with Gasteiger partial charge >= 0.3 is 0 Å². The van der Waals surface area contributed by atoms with Crippen LogP contribution >= 0.6 is 11.3 Å². The standard InChI is InChI=1S/C42H25N5S/c1-26-2-11-41-40(12-26)47-42(48-41)39-20-37(33-7-3-31(4-8-33)35-15-27(22-43)13-28(16-35)23-44)19-38(21-39)34-9-5-32(6-10-34)36-17-29(24-45)14-30(18-36)25-46/h2-11,13-21,26H,12H2,1H3. The maximum absolute atomic E-state index is 9.45. The summed E-state index contributed by atoms with van der Waals surface area (Å²) in [5, 5.41) is 38.8. The predicted molar refractivity (Wildman–Crippen MR) is 190 cm³/mol. The zero-order chi connectivity index (χ0) is 33.2. The smallest absolute Gasteiger partial charge is 0.124 e. The Hall–Kier alpha value is -6.57. The van der Waals surface area contributed by atoms with Crippen molar-refractivity contribution in [1.82, 2.24) is 4.98 Å². The van der Waals surface area contributed by atoms with E-state index in [-0.39, 0.29) is 0 Å². The Morgan fingerprint density at radius 2 is 0.896 bits per heavy atom. The van der Waals surface area contributed by atoms with Gasteiger partial charge in [-0.3, -0.25) is 0 Å². The number of nitrogens with zero attached hydrogens (tertiary/aromatic N) is 5. The van der Waals surface area contributed by atoms with Crippen LogP contribution in [0.1, 0.15) is 39.7 Å². The molecule has 1 aromatic heterocycles. The summed E-state index contributed by atoms with van der Waals surface area (Å²) in [5.41, 5.74) is 11.6. The van der Waals surface area contributed by atoms with Crippen molar-refractivity contribution in [2.75, 3.05) is 0 Å². The predicted octanol–water partition coefficient (Wildman–Crippen LogP) is 10.2. The molecule has 0 bridgehead atoms. The number of benzene rings is 5. The van der Waals surface area contributed by atoms with Gasteiger partial charge in [-0.15, -0.1) is 11.3 Å². The van der Waals surface area contributed by atoms with Crippen LogP contribution in [-0.4, -0.2) is 4.98 Å². The molecule has 1 unspecified atom stereocenters. The SMILES string of the molecule is CC1C=Cc2sc(-c3cc(-c4ccc(-c5cc(C#N)cc(C#N)c5)cc4)cc(-c4ccc(-c5cc(C#N)cc(C#N)c5)cc4)c3)nc2C1. The third-order valence-electron chi connectivity index (χ3n) is 8.48.